The molecule has 0 radical (unpaired) electrons. The van der Waals surface area contributed by atoms with Crippen molar-refractivity contribution >= 4 is 29.9 Å². The summed E-state index contributed by atoms with van der Waals surface area (Å²) in [5, 5.41) is 13.8. The zero-order valence-corrected chi connectivity index (χ0v) is 20.7. The predicted octanol–water partition coefficient (Wildman–Crippen LogP) is 4.17. The van der Waals surface area contributed by atoms with Crippen LogP contribution in [0.4, 0.5) is 13.2 Å². The van der Waals surface area contributed by atoms with Gasteiger partial charge >= 0.3 is 6.18 Å². The third-order valence-corrected chi connectivity index (χ3v) is 6.21. The first-order valence-electron chi connectivity index (χ1n) is 10.9. The number of halogens is 4. The minimum atomic E-state index is -4.16. The fourth-order valence-corrected chi connectivity index (χ4v) is 4.69. The van der Waals surface area contributed by atoms with E-state index >= 15 is 0 Å². The van der Waals surface area contributed by atoms with E-state index in [4.69, 9.17) is 0 Å². The van der Waals surface area contributed by atoms with E-state index in [-0.39, 0.29) is 29.9 Å². The molecule has 2 aliphatic rings. The van der Waals surface area contributed by atoms with Crippen molar-refractivity contribution < 1.29 is 18.3 Å². The number of nitrogens with zero attached hydrogens (tertiary/aromatic N) is 3. The molecule has 1 aliphatic heterocycles. The number of likely N-dealkylation sites (tertiary alicyclic amines) is 1. The second-order valence-corrected chi connectivity index (χ2v) is 8.35. The lowest BCUT2D eigenvalue weighted by Gasteiger charge is -2.26. The molecule has 1 heterocycles. The van der Waals surface area contributed by atoms with Gasteiger partial charge in [0.05, 0.1) is 6.54 Å². The topological polar surface area (TPSA) is 51.1 Å². The van der Waals surface area contributed by atoms with E-state index in [1.54, 1.807) is 20.0 Å². The molecular formula is C22H34F3IN4O. The molecule has 2 N–H and O–H groups in total. The van der Waals surface area contributed by atoms with Gasteiger partial charge in [0, 0.05) is 38.8 Å². The SMILES string of the molecule is CCN(CC1CCN(C(=NC)NCc2c(O)ccc3c2CCCC3)C1)CC(F)(F)F.I. The minimum Gasteiger partial charge on any atom is -0.508 e. The van der Waals surface area contributed by atoms with Crippen LogP contribution >= 0.6 is 24.0 Å². The summed E-state index contributed by atoms with van der Waals surface area (Å²) in [4.78, 5) is 7.96. The van der Waals surface area contributed by atoms with Gasteiger partial charge in [-0.25, -0.2) is 0 Å². The highest BCUT2D eigenvalue weighted by molar-refractivity contribution is 14.0. The van der Waals surface area contributed by atoms with Crippen molar-refractivity contribution in [3.8, 4) is 5.75 Å². The Hall–Kier alpha value is -1.23. The maximum atomic E-state index is 12.7. The van der Waals surface area contributed by atoms with Crippen LogP contribution in [0.2, 0.25) is 0 Å². The van der Waals surface area contributed by atoms with Gasteiger partial charge in [0.25, 0.3) is 0 Å². The van der Waals surface area contributed by atoms with E-state index in [1.165, 1.54) is 22.4 Å². The Labute approximate surface area is 200 Å². The molecule has 1 aliphatic carbocycles. The molecule has 0 bridgehead atoms. The molecule has 0 saturated carbocycles. The third-order valence-electron chi connectivity index (χ3n) is 6.21. The maximum Gasteiger partial charge on any atom is 0.401 e. The maximum absolute atomic E-state index is 12.7. The van der Waals surface area contributed by atoms with Crippen molar-refractivity contribution in [2.45, 2.75) is 51.7 Å². The average Bonchev–Trinajstić information content (AvgIpc) is 3.16. The second-order valence-electron chi connectivity index (χ2n) is 8.35. The molecule has 1 aromatic carbocycles. The smallest absolute Gasteiger partial charge is 0.401 e. The van der Waals surface area contributed by atoms with Gasteiger partial charge in [-0.3, -0.25) is 9.89 Å². The number of nitrogens with one attached hydrogen (secondary N) is 1. The average molecular weight is 554 g/mol. The number of aryl methyl sites for hydroxylation is 1. The normalized spacial score (nSPS) is 19.4. The number of hydrogen-bond acceptors (Lipinski definition) is 3. The largest absolute Gasteiger partial charge is 0.508 e. The highest BCUT2D eigenvalue weighted by Crippen LogP contribution is 2.30. The van der Waals surface area contributed by atoms with Crippen LogP contribution < -0.4 is 5.32 Å². The molecule has 176 valence electrons. The van der Waals surface area contributed by atoms with Crippen molar-refractivity contribution in [1.29, 1.82) is 0 Å². The summed E-state index contributed by atoms with van der Waals surface area (Å²) in [6.45, 7) is 3.70. The van der Waals surface area contributed by atoms with Crippen molar-refractivity contribution in [1.82, 2.24) is 15.1 Å². The summed E-state index contributed by atoms with van der Waals surface area (Å²) in [7, 11) is 1.72. The lowest BCUT2D eigenvalue weighted by atomic mass is 9.88. The van der Waals surface area contributed by atoms with E-state index in [9.17, 15) is 18.3 Å². The number of guanidine groups is 1. The molecule has 31 heavy (non-hydrogen) atoms. The zero-order chi connectivity index (χ0) is 21.7. The summed E-state index contributed by atoms with van der Waals surface area (Å²) < 4.78 is 38.2. The molecule has 1 saturated heterocycles. The van der Waals surface area contributed by atoms with E-state index in [2.05, 4.69) is 15.2 Å². The van der Waals surface area contributed by atoms with Gasteiger partial charge in [-0.2, -0.15) is 13.2 Å². The van der Waals surface area contributed by atoms with E-state index in [0.29, 0.717) is 31.9 Å². The van der Waals surface area contributed by atoms with Crippen LogP contribution in [0.25, 0.3) is 0 Å². The first-order valence-corrected chi connectivity index (χ1v) is 10.9. The number of benzene rings is 1. The van der Waals surface area contributed by atoms with Crippen molar-refractivity contribution in [2.75, 3.05) is 39.8 Å². The Morgan fingerprint density at radius 2 is 2.03 bits per heavy atom. The highest BCUT2D eigenvalue weighted by atomic mass is 127. The van der Waals surface area contributed by atoms with Crippen LogP contribution in [0.5, 0.6) is 5.75 Å². The predicted molar refractivity (Wildman–Crippen MR) is 128 cm³/mol. The minimum absolute atomic E-state index is 0. The highest BCUT2D eigenvalue weighted by Gasteiger charge is 2.33. The van der Waals surface area contributed by atoms with Crippen LogP contribution in [0.15, 0.2) is 17.1 Å². The number of alkyl halides is 3. The van der Waals surface area contributed by atoms with Gasteiger partial charge in [-0.1, -0.05) is 13.0 Å². The Morgan fingerprint density at radius 1 is 1.29 bits per heavy atom. The van der Waals surface area contributed by atoms with Crippen molar-refractivity contribution in [2.24, 2.45) is 10.9 Å². The van der Waals surface area contributed by atoms with Crippen molar-refractivity contribution in [3.63, 3.8) is 0 Å². The lowest BCUT2D eigenvalue weighted by Crippen LogP contribution is -2.41. The fraction of sp³-hybridized carbons (Fsp3) is 0.682. The van der Waals surface area contributed by atoms with E-state index in [0.717, 1.165) is 43.8 Å². The summed E-state index contributed by atoms with van der Waals surface area (Å²) in [6.07, 6.45) is 1.04. The number of phenolic OH excluding ortho intramolecular Hbond substituents is 1. The number of rotatable bonds is 6. The van der Waals surface area contributed by atoms with Crippen molar-refractivity contribution in [3.05, 3.63) is 28.8 Å². The summed E-state index contributed by atoms with van der Waals surface area (Å²) in [5.41, 5.74) is 3.50. The number of fused-ring (bicyclic) bond motifs is 1. The third kappa shape index (κ3) is 7.13. The van der Waals surface area contributed by atoms with Gasteiger partial charge in [0.1, 0.15) is 5.75 Å². The quantitative estimate of drug-likeness (QED) is 0.315. The molecule has 3 rings (SSSR count). The number of aliphatic imine (C=N–C) groups is 1. The molecular weight excluding hydrogens is 520 g/mol. The summed E-state index contributed by atoms with van der Waals surface area (Å²) in [6, 6.07) is 3.80. The van der Waals surface area contributed by atoms with Crippen LogP contribution in [0.1, 0.15) is 42.9 Å². The van der Waals surface area contributed by atoms with Crippen LogP contribution in [-0.2, 0) is 19.4 Å². The van der Waals surface area contributed by atoms with Crippen LogP contribution in [0.3, 0.4) is 0 Å². The molecule has 1 aromatic rings. The van der Waals surface area contributed by atoms with Crippen LogP contribution in [-0.4, -0.2) is 66.8 Å². The monoisotopic (exact) mass is 554 g/mol. The van der Waals surface area contributed by atoms with E-state index in [1.807, 2.05) is 6.07 Å². The number of hydrogen-bond donors (Lipinski definition) is 2. The molecule has 9 heteroatoms. The van der Waals surface area contributed by atoms with Gasteiger partial charge < -0.3 is 15.3 Å². The van der Waals surface area contributed by atoms with Gasteiger partial charge in [-0.15, -0.1) is 24.0 Å². The lowest BCUT2D eigenvalue weighted by molar-refractivity contribution is -0.146. The van der Waals surface area contributed by atoms with E-state index < -0.39 is 12.7 Å². The first kappa shape index (κ1) is 26.0. The molecule has 1 unspecified atom stereocenters. The van der Waals surface area contributed by atoms with Gasteiger partial charge in [0.2, 0.25) is 0 Å². The Morgan fingerprint density at radius 3 is 2.71 bits per heavy atom. The Kier molecular flexibility index (Phi) is 9.72. The Balaban J connectivity index is 0.00000341. The number of aromatic hydroxyl groups is 1. The zero-order valence-electron chi connectivity index (χ0n) is 18.3. The Bertz CT molecular complexity index is 757. The molecule has 0 aromatic heterocycles. The van der Waals surface area contributed by atoms with Gasteiger partial charge in [-0.05, 0) is 61.8 Å². The molecule has 0 amide bonds. The summed E-state index contributed by atoms with van der Waals surface area (Å²) in [5.74, 6) is 1.23. The number of phenols is 1. The molecule has 0 spiro atoms. The first-order chi connectivity index (χ1) is 14.3. The fourth-order valence-electron chi connectivity index (χ4n) is 4.69. The van der Waals surface area contributed by atoms with Crippen LogP contribution in [0, 0.1) is 5.92 Å². The summed E-state index contributed by atoms with van der Waals surface area (Å²) >= 11 is 0. The second kappa shape index (κ2) is 11.6. The molecule has 1 atom stereocenters. The molecule has 1 fully saturated rings. The van der Waals surface area contributed by atoms with Gasteiger partial charge in [0.15, 0.2) is 5.96 Å². The standard InChI is InChI=1S/C22H33F3N4O.HI/c1-3-28(15-22(23,24)25)13-16-10-11-29(14-16)21(26-2)27-12-19-18-7-5-4-6-17(18)8-9-20(19)30;/h8-9,16,30H,3-7,10-15H2,1-2H3,(H,26,27);1H. The molecule has 5 nitrogen and oxygen atoms in total.